The van der Waals surface area contributed by atoms with Crippen LogP contribution in [-0.2, 0) is 4.43 Å². The van der Waals surface area contributed by atoms with Gasteiger partial charge in [-0.1, -0.05) is 66.4 Å². The summed E-state index contributed by atoms with van der Waals surface area (Å²) >= 11 is 3.62. The van der Waals surface area contributed by atoms with E-state index in [1.165, 1.54) is 5.19 Å². The summed E-state index contributed by atoms with van der Waals surface area (Å²) in [6.45, 7) is 7.34. The van der Waals surface area contributed by atoms with Crippen LogP contribution in [0.25, 0.3) is 0 Å². The van der Waals surface area contributed by atoms with Gasteiger partial charge in [-0.15, -0.1) is 0 Å². The molecule has 0 fully saturated rings. The lowest BCUT2D eigenvalue weighted by Crippen LogP contribution is -2.30. The van der Waals surface area contributed by atoms with Crippen LogP contribution in [0.2, 0.25) is 0 Å². The summed E-state index contributed by atoms with van der Waals surface area (Å²) in [5.41, 5.74) is 0.235. The van der Waals surface area contributed by atoms with E-state index >= 15 is 0 Å². The summed E-state index contributed by atoms with van der Waals surface area (Å²) in [6.07, 6.45) is 0. The van der Waals surface area contributed by atoms with Crippen LogP contribution in [0.5, 0.6) is 0 Å². The van der Waals surface area contributed by atoms with Gasteiger partial charge >= 0.3 is 7.66 Å². The molecule has 3 heteroatoms. The molecule has 1 aromatic carbocycles. The van der Waals surface area contributed by atoms with E-state index in [-0.39, 0.29) is 5.41 Å². The molecule has 0 unspecified atom stereocenters. The highest BCUT2D eigenvalue weighted by atomic mass is 79.9. The van der Waals surface area contributed by atoms with Crippen molar-refractivity contribution < 1.29 is 4.43 Å². The number of rotatable bonds is 3. The highest BCUT2D eigenvalue weighted by molar-refractivity contribution is 9.24. The van der Waals surface area contributed by atoms with Crippen molar-refractivity contribution in [2.75, 3.05) is 6.61 Å². The lowest BCUT2D eigenvalue weighted by atomic mass is 9.99. The molecule has 0 aliphatic rings. The Morgan fingerprint density at radius 2 is 1.79 bits per heavy atom. The summed E-state index contributed by atoms with van der Waals surface area (Å²) in [4.78, 5) is 0. The van der Waals surface area contributed by atoms with Gasteiger partial charge in [-0.3, -0.25) is 0 Å². The van der Waals surface area contributed by atoms with Crippen molar-refractivity contribution >= 4 is 28.1 Å². The fourth-order valence-electron chi connectivity index (χ4n) is 0.932. The lowest BCUT2D eigenvalue weighted by molar-refractivity contribution is 0.207. The smallest absolute Gasteiger partial charge is 0.329 e. The summed E-state index contributed by atoms with van der Waals surface area (Å²) in [7, 11) is -0.988. The van der Waals surface area contributed by atoms with Crippen LogP contribution < -0.4 is 5.19 Å². The molecule has 0 saturated carbocycles. The van der Waals surface area contributed by atoms with E-state index < -0.39 is 7.66 Å². The maximum atomic E-state index is 5.81. The SMILES string of the molecule is CC(C)(C)CO[Si](Br)c1ccccc1. The molecular weight excluding hydrogens is 256 g/mol. The fourth-order valence-corrected chi connectivity index (χ4v) is 3.25. The first kappa shape index (κ1) is 11.9. The molecule has 0 N–H and O–H groups in total. The molecule has 1 nitrogen and oxygen atoms in total. The van der Waals surface area contributed by atoms with E-state index in [9.17, 15) is 0 Å². The molecule has 0 heterocycles. The number of hydrogen-bond acceptors (Lipinski definition) is 1. The predicted octanol–water partition coefficient (Wildman–Crippen LogP) is 2.84. The highest BCUT2D eigenvalue weighted by Gasteiger charge is 2.17. The van der Waals surface area contributed by atoms with E-state index in [0.717, 1.165) is 6.61 Å². The van der Waals surface area contributed by atoms with E-state index in [1.54, 1.807) is 0 Å². The first-order valence-corrected chi connectivity index (χ1v) is 8.36. The second kappa shape index (κ2) is 5.10. The topological polar surface area (TPSA) is 9.23 Å². The second-order valence-electron chi connectivity index (χ2n) is 4.49. The Hall–Kier alpha value is -0.123. The predicted molar refractivity (Wildman–Crippen MR) is 66.2 cm³/mol. The molecule has 0 atom stereocenters. The van der Waals surface area contributed by atoms with Gasteiger partial charge in [-0.05, 0) is 10.6 Å². The average Bonchev–Trinajstić information content (AvgIpc) is 2.14. The standard InChI is InChI=1S/C11H16BrOSi/c1-11(2,3)9-13-14(12)10-7-5-4-6-8-10/h4-8H,9H2,1-3H3. The summed E-state index contributed by atoms with van der Waals surface area (Å²) in [6, 6.07) is 10.3. The molecular formula is C11H16BrOSi. The molecule has 0 bridgehead atoms. The highest BCUT2D eigenvalue weighted by Crippen LogP contribution is 2.14. The van der Waals surface area contributed by atoms with Crippen LogP contribution in [0.1, 0.15) is 20.8 Å². The van der Waals surface area contributed by atoms with Gasteiger partial charge < -0.3 is 4.43 Å². The number of hydrogen-bond donors (Lipinski definition) is 0. The molecule has 1 aromatic rings. The quantitative estimate of drug-likeness (QED) is 0.607. The van der Waals surface area contributed by atoms with Gasteiger partial charge in [0.1, 0.15) is 0 Å². The van der Waals surface area contributed by atoms with Gasteiger partial charge in [0.15, 0.2) is 0 Å². The number of benzene rings is 1. The Morgan fingerprint density at radius 1 is 1.21 bits per heavy atom. The molecule has 0 amide bonds. The van der Waals surface area contributed by atoms with Gasteiger partial charge in [-0.2, -0.15) is 0 Å². The molecule has 0 aromatic heterocycles. The lowest BCUT2D eigenvalue weighted by Gasteiger charge is -2.20. The van der Waals surface area contributed by atoms with Gasteiger partial charge in [0.2, 0.25) is 0 Å². The van der Waals surface area contributed by atoms with Crippen LogP contribution in [0.3, 0.4) is 0 Å². The third-order valence-corrected chi connectivity index (χ3v) is 4.88. The monoisotopic (exact) mass is 271 g/mol. The first-order valence-electron chi connectivity index (χ1n) is 4.70. The summed E-state index contributed by atoms with van der Waals surface area (Å²) in [5.74, 6) is 0. The maximum Gasteiger partial charge on any atom is 0.329 e. The van der Waals surface area contributed by atoms with Crippen molar-refractivity contribution in [1.29, 1.82) is 0 Å². The van der Waals surface area contributed by atoms with Crippen molar-refractivity contribution in [2.24, 2.45) is 5.41 Å². The van der Waals surface area contributed by atoms with Crippen LogP contribution in [-0.4, -0.2) is 14.3 Å². The van der Waals surface area contributed by atoms with Gasteiger partial charge in [0.25, 0.3) is 0 Å². The van der Waals surface area contributed by atoms with Crippen LogP contribution in [0.4, 0.5) is 0 Å². The zero-order chi connectivity index (χ0) is 10.6. The largest absolute Gasteiger partial charge is 0.402 e. The third-order valence-electron chi connectivity index (χ3n) is 1.63. The zero-order valence-corrected chi connectivity index (χ0v) is 11.5. The molecule has 0 spiro atoms. The minimum atomic E-state index is -0.988. The Morgan fingerprint density at radius 3 is 2.29 bits per heavy atom. The Labute approximate surface area is 95.8 Å². The molecule has 14 heavy (non-hydrogen) atoms. The fraction of sp³-hybridized carbons (Fsp3) is 0.455. The van der Waals surface area contributed by atoms with Crippen LogP contribution in [0, 0.1) is 5.41 Å². The van der Waals surface area contributed by atoms with E-state index in [1.807, 2.05) is 18.2 Å². The maximum absolute atomic E-state index is 5.81. The van der Waals surface area contributed by atoms with E-state index in [0.29, 0.717) is 0 Å². The Kier molecular flexibility index (Phi) is 4.35. The Balaban J connectivity index is 2.48. The molecule has 1 radical (unpaired) electrons. The normalized spacial score (nSPS) is 12.1. The Bertz CT molecular complexity index is 268. The second-order valence-corrected chi connectivity index (χ2v) is 8.06. The van der Waals surface area contributed by atoms with Crippen LogP contribution in [0.15, 0.2) is 30.3 Å². The molecule has 0 saturated heterocycles. The summed E-state index contributed by atoms with van der Waals surface area (Å²) < 4.78 is 5.81. The third kappa shape index (κ3) is 4.40. The molecule has 77 valence electrons. The van der Waals surface area contributed by atoms with Gasteiger partial charge in [0, 0.05) is 6.61 Å². The molecule has 0 aliphatic heterocycles. The molecule has 0 aliphatic carbocycles. The van der Waals surface area contributed by atoms with E-state index in [2.05, 4.69) is 48.2 Å². The van der Waals surface area contributed by atoms with Crippen molar-refractivity contribution in [3.63, 3.8) is 0 Å². The molecule has 1 rings (SSSR count). The van der Waals surface area contributed by atoms with E-state index in [4.69, 9.17) is 4.43 Å². The van der Waals surface area contributed by atoms with Crippen molar-refractivity contribution in [3.8, 4) is 0 Å². The van der Waals surface area contributed by atoms with Gasteiger partial charge in [-0.25, -0.2) is 0 Å². The van der Waals surface area contributed by atoms with Crippen LogP contribution >= 0.6 is 15.3 Å². The summed E-state index contributed by atoms with van der Waals surface area (Å²) in [5, 5.41) is 1.27. The number of halogens is 1. The van der Waals surface area contributed by atoms with Crippen molar-refractivity contribution in [3.05, 3.63) is 30.3 Å². The zero-order valence-electron chi connectivity index (χ0n) is 8.88. The minimum absolute atomic E-state index is 0.235. The van der Waals surface area contributed by atoms with Crippen molar-refractivity contribution in [1.82, 2.24) is 0 Å². The average molecular weight is 272 g/mol. The van der Waals surface area contributed by atoms with Crippen molar-refractivity contribution in [2.45, 2.75) is 20.8 Å². The first-order chi connectivity index (χ1) is 6.49. The van der Waals surface area contributed by atoms with Gasteiger partial charge in [0.05, 0.1) is 0 Å². The minimum Gasteiger partial charge on any atom is -0.402 e.